The Morgan fingerprint density at radius 1 is 1.17 bits per heavy atom. The van der Waals surface area contributed by atoms with Crippen molar-refractivity contribution in [2.24, 2.45) is 5.73 Å². The van der Waals surface area contributed by atoms with Gasteiger partial charge in [0, 0.05) is 5.56 Å². The smallest absolute Gasteiger partial charge is 0.244 e. The Morgan fingerprint density at radius 2 is 1.90 bits per heavy atom. The molecule has 3 N–H and O–H groups in total. The monoisotopic (exact) mass is 386 g/mol. The summed E-state index contributed by atoms with van der Waals surface area (Å²) in [5, 5.41) is 17.2. The summed E-state index contributed by atoms with van der Waals surface area (Å²) in [6.45, 7) is 4.77. The van der Waals surface area contributed by atoms with Gasteiger partial charge in [-0.15, -0.1) is 5.10 Å². The normalized spacial score (nSPS) is 15.4. The van der Waals surface area contributed by atoms with Gasteiger partial charge in [-0.05, 0) is 31.0 Å². The fourth-order valence-electron chi connectivity index (χ4n) is 3.50. The summed E-state index contributed by atoms with van der Waals surface area (Å²) in [4.78, 5) is 0. The Balaban J connectivity index is 1.82. The molecule has 1 aliphatic heterocycles. The lowest BCUT2D eigenvalue weighted by Crippen LogP contribution is -2.21. The van der Waals surface area contributed by atoms with Crippen LogP contribution in [0.2, 0.25) is 0 Å². The summed E-state index contributed by atoms with van der Waals surface area (Å²) in [6, 6.07) is 18.1. The molecule has 3 aromatic rings. The molecule has 1 atom stereocenters. The maximum Gasteiger partial charge on any atom is 0.244 e. The Morgan fingerprint density at radius 3 is 2.55 bits per heavy atom. The molecule has 6 nitrogen and oxygen atoms in total. The molecule has 0 spiro atoms. The van der Waals surface area contributed by atoms with Gasteiger partial charge in [-0.1, -0.05) is 48.9 Å². The van der Waals surface area contributed by atoms with Gasteiger partial charge in [0.1, 0.15) is 17.4 Å². The van der Waals surface area contributed by atoms with Crippen LogP contribution in [0.15, 0.2) is 60.0 Å². The summed E-state index contributed by atoms with van der Waals surface area (Å²) in [5.74, 6) is 0.898. The van der Waals surface area contributed by atoms with E-state index in [-0.39, 0.29) is 11.8 Å². The van der Waals surface area contributed by atoms with Crippen molar-refractivity contribution >= 4 is 0 Å². The van der Waals surface area contributed by atoms with Gasteiger partial charge in [0.05, 0.1) is 23.8 Å². The number of nitrogens with one attached hydrogen (secondary N) is 1. The molecule has 0 saturated carbocycles. The van der Waals surface area contributed by atoms with Crippen LogP contribution in [0.25, 0.3) is 11.3 Å². The van der Waals surface area contributed by atoms with E-state index in [1.807, 2.05) is 55.5 Å². The maximum atomic E-state index is 9.80. The highest BCUT2D eigenvalue weighted by atomic mass is 16.5. The van der Waals surface area contributed by atoms with E-state index >= 15 is 0 Å². The molecule has 4 rings (SSSR count). The van der Waals surface area contributed by atoms with Crippen molar-refractivity contribution in [3.63, 3.8) is 0 Å². The van der Waals surface area contributed by atoms with Crippen LogP contribution < -0.4 is 15.2 Å². The molecular formula is C23H22N4O2. The van der Waals surface area contributed by atoms with E-state index in [0.717, 1.165) is 34.6 Å². The van der Waals surface area contributed by atoms with Crippen LogP contribution in [0.3, 0.4) is 0 Å². The van der Waals surface area contributed by atoms with Crippen molar-refractivity contribution in [1.29, 1.82) is 5.26 Å². The van der Waals surface area contributed by atoms with Crippen molar-refractivity contribution < 1.29 is 9.47 Å². The first-order valence-corrected chi connectivity index (χ1v) is 9.58. The molecule has 0 fully saturated rings. The predicted octanol–water partition coefficient (Wildman–Crippen LogP) is 4.39. The van der Waals surface area contributed by atoms with Crippen LogP contribution >= 0.6 is 0 Å². The first-order valence-electron chi connectivity index (χ1n) is 9.58. The molecule has 2 heterocycles. The van der Waals surface area contributed by atoms with Gasteiger partial charge < -0.3 is 15.2 Å². The third-order valence-electron chi connectivity index (χ3n) is 4.97. The van der Waals surface area contributed by atoms with E-state index in [1.54, 1.807) is 0 Å². The molecule has 0 unspecified atom stereocenters. The second-order valence-electron chi connectivity index (χ2n) is 7.03. The topological polar surface area (TPSA) is 96.9 Å². The van der Waals surface area contributed by atoms with Gasteiger partial charge in [0.15, 0.2) is 0 Å². The number of aromatic nitrogens is 2. The molecule has 1 aromatic heterocycles. The third-order valence-corrected chi connectivity index (χ3v) is 4.97. The van der Waals surface area contributed by atoms with E-state index in [1.165, 1.54) is 5.56 Å². The van der Waals surface area contributed by atoms with Crippen molar-refractivity contribution in [3.05, 3.63) is 76.7 Å². The van der Waals surface area contributed by atoms with E-state index in [0.29, 0.717) is 18.1 Å². The van der Waals surface area contributed by atoms with Crippen molar-refractivity contribution in [2.75, 3.05) is 6.61 Å². The molecule has 0 radical (unpaired) electrons. The predicted molar refractivity (Wildman–Crippen MR) is 110 cm³/mol. The molecule has 1 aliphatic rings. The minimum Gasteiger partial charge on any atom is -0.494 e. The number of rotatable bonds is 5. The highest BCUT2D eigenvalue weighted by molar-refractivity contribution is 5.71. The van der Waals surface area contributed by atoms with Crippen LogP contribution in [0.5, 0.6) is 11.6 Å². The molecule has 0 saturated heterocycles. The minimum absolute atomic E-state index is 0.0817. The molecule has 0 aliphatic carbocycles. The number of H-pyrrole nitrogens is 1. The molecule has 0 bridgehead atoms. The minimum atomic E-state index is -0.376. The molecule has 0 amide bonds. The SMILES string of the molecule is CCCOc1ccc([C@H]2C(C#N)=C(N)Oc3n[nH]c(-c4ccc(C)cc4)c32)cc1. The number of aryl methyl sites for hydroxylation is 1. The average Bonchev–Trinajstić information content (AvgIpc) is 3.15. The molecule has 2 aromatic carbocycles. The van der Waals surface area contributed by atoms with E-state index in [4.69, 9.17) is 15.2 Å². The fraction of sp³-hybridized carbons (Fsp3) is 0.217. The fourth-order valence-corrected chi connectivity index (χ4v) is 3.50. The van der Waals surface area contributed by atoms with Gasteiger partial charge in [-0.25, -0.2) is 0 Å². The van der Waals surface area contributed by atoms with Crippen LogP contribution in [-0.2, 0) is 0 Å². The number of hydrogen-bond donors (Lipinski definition) is 2. The Bertz CT molecular complexity index is 1090. The van der Waals surface area contributed by atoms with Gasteiger partial charge in [-0.3, -0.25) is 5.10 Å². The first kappa shape index (κ1) is 18.6. The maximum absolute atomic E-state index is 9.80. The Hall–Kier alpha value is -3.72. The number of benzene rings is 2. The standard InChI is InChI=1S/C23H22N4O2/c1-3-12-28-17-10-8-15(9-11-17)19-18(13-24)22(25)29-23-20(19)21(26-27-23)16-6-4-14(2)5-7-16/h4-11,19H,3,12,25H2,1-2H3,(H,26,27)/t19-/m0/s1. The number of ether oxygens (including phenoxy) is 2. The number of nitriles is 1. The summed E-state index contributed by atoms with van der Waals surface area (Å²) in [7, 11) is 0. The molecular weight excluding hydrogens is 364 g/mol. The molecule has 6 heteroatoms. The number of hydrogen-bond acceptors (Lipinski definition) is 5. The summed E-state index contributed by atoms with van der Waals surface area (Å²) in [5.41, 5.74) is 11.1. The second kappa shape index (κ2) is 7.72. The Kier molecular flexibility index (Phi) is 4.96. The lowest BCUT2D eigenvalue weighted by Gasteiger charge is -2.24. The number of fused-ring (bicyclic) bond motifs is 1. The zero-order valence-corrected chi connectivity index (χ0v) is 16.4. The first-order chi connectivity index (χ1) is 14.1. The third kappa shape index (κ3) is 3.43. The van der Waals surface area contributed by atoms with Crippen molar-refractivity contribution in [3.8, 4) is 29.0 Å². The summed E-state index contributed by atoms with van der Waals surface area (Å²) < 4.78 is 11.3. The van der Waals surface area contributed by atoms with Crippen LogP contribution in [-0.4, -0.2) is 16.8 Å². The highest BCUT2D eigenvalue weighted by Gasteiger charge is 2.35. The van der Waals surface area contributed by atoms with Gasteiger partial charge in [-0.2, -0.15) is 5.26 Å². The van der Waals surface area contributed by atoms with E-state index in [2.05, 4.69) is 23.2 Å². The number of nitrogens with zero attached hydrogens (tertiary/aromatic N) is 2. The number of allylic oxidation sites excluding steroid dienone is 1. The molecule has 146 valence electrons. The lowest BCUT2D eigenvalue weighted by atomic mass is 9.83. The van der Waals surface area contributed by atoms with Gasteiger partial charge >= 0.3 is 0 Å². The Labute approximate surface area is 169 Å². The number of aromatic amines is 1. The number of nitrogens with two attached hydrogens (primary N) is 1. The quantitative estimate of drug-likeness (QED) is 0.678. The largest absolute Gasteiger partial charge is 0.494 e. The van der Waals surface area contributed by atoms with Crippen LogP contribution in [0, 0.1) is 18.3 Å². The van der Waals surface area contributed by atoms with E-state index < -0.39 is 0 Å². The van der Waals surface area contributed by atoms with Gasteiger partial charge in [0.2, 0.25) is 11.8 Å². The summed E-state index contributed by atoms with van der Waals surface area (Å²) >= 11 is 0. The molecule has 29 heavy (non-hydrogen) atoms. The highest BCUT2D eigenvalue weighted by Crippen LogP contribution is 2.45. The second-order valence-corrected chi connectivity index (χ2v) is 7.03. The van der Waals surface area contributed by atoms with Crippen LogP contribution in [0.1, 0.15) is 36.0 Å². The van der Waals surface area contributed by atoms with Crippen LogP contribution in [0.4, 0.5) is 0 Å². The van der Waals surface area contributed by atoms with Gasteiger partial charge in [0.25, 0.3) is 0 Å². The zero-order valence-electron chi connectivity index (χ0n) is 16.4. The van der Waals surface area contributed by atoms with E-state index in [9.17, 15) is 5.26 Å². The zero-order chi connectivity index (χ0) is 20.4. The van der Waals surface area contributed by atoms with Crippen molar-refractivity contribution in [1.82, 2.24) is 10.2 Å². The van der Waals surface area contributed by atoms with Crippen molar-refractivity contribution in [2.45, 2.75) is 26.2 Å². The lowest BCUT2D eigenvalue weighted by molar-refractivity contribution is 0.317. The summed E-state index contributed by atoms with van der Waals surface area (Å²) in [6.07, 6.45) is 0.942. The average molecular weight is 386 g/mol.